The lowest BCUT2D eigenvalue weighted by molar-refractivity contribution is 0.415. The SMILES string of the molecule is CCNc1ccc(S(=O)(=O)N2CCSC(C)(C)CC2)cc1. The predicted molar refractivity (Wildman–Crippen MR) is 90.5 cm³/mol. The molecule has 21 heavy (non-hydrogen) atoms. The van der Waals surface area contributed by atoms with Gasteiger partial charge in [0.1, 0.15) is 0 Å². The third kappa shape index (κ3) is 4.14. The third-order valence-corrected chi connectivity index (χ3v) is 6.95. The monoisotopic (exact) mass is 328 g/mol. The van der Waals surface area contributed by atoms with Crippen molar-refractivity contribution in [2.75, 3.05) is 30.7 Å². The molecule has 1 fully saturated rings. The summed E-state index contributed by atoms with van der Waals surface area (Å²) in [5.74, 6) is 0.849. The Morgan fingerprint density at radius 2 is 1.90 bits per heavy atom. The number of nitrogens with one attached hydrogen (secondary N) is 1. The molecule has 1 heterocycles. The molecule has 0 bridgehead atoms. The Bertz CT molecular complexity index is 568. The first-order valence-corrected chi connectivity index (χ1v) is 9.76. The maximum atomic E-state index is 12.7. The largest absolute Gasteiger partial charge is 0.385 e. The number of anilines is 1. The summed E-state index contributed by atoms with van der Waals surface area (Å²) in [7, 11) is -3.38. The van der Waals surface area contributed by atoms with Crippen molar-refractivity contribution in [2.24, 2.45) is 0 Å². The van der Waals surface area contributed by atoms with E-state index in [1.807, 2.05) is 30.8 Å². The van der Waals surface area contributed by atoms with E-state index in [9.17, 15) is 8.42 Å². The van der Waals surface area contributed by atoms with E-state index in [0.29, 0.717) is 18.0 Å². The molecule has 0 atom stereocenters. The standard InChI is InChI=1S/C15H24N2O2S2/c1-4-16-13-5-7-14(8-6-13)21(18,19)17-10-9-15(2,3)20-12-11-17/h5-8,16H,4,9-12H2,1-3H3. The van der Waals surface area contributed by atoms with E-state index in [2.05, 4.69) is 19.2 Å². The van der Waals surface area contributed by atoms with Crippen LogP contribution in [0.5, 0.6) is 0 Å². The summed E-state index contributed by atoms with van der Waals surface area (Å²) >= 11 is 1.85. The molecule has 1 aliphatic heterocycles. The van der Waals surface area contributed by atoms with Crippen molar-refractivity contribution in [3.63, 3.8) is 0 Å². The minimum absolute atomic E-state index is 0.152. The average molecular weight is 329 g/mol. The highest BCUT2D eigenvalue weighted by Crippen LogP contribution is 2.32. The Labute approximate surface area is 132 Å². The number of rotatable bonds is 4. The molecule has 1 saturated heterocycles. The lowest BCUT2D eigenvalue weighted by Crippen LogP contribution is -2.33. The van der Waals surface area contributed by atoms with Crippen molar-refractivity contribution in [3.05, 3.63) is 24.3 Å². The van der Waals surface area contributed by atoms with Gasteiger partial charge in [0.2, 0.25) is 10.0 Å². The molecule has 1 aromatic rings. The van der Waals surface area contributed by atoms with Gasteiger partial charge in [0, 0.05) is 35.8 Å². The first-order valence-electron chi connectivity index (χ1n) is 7.33. The molecular formula is C15H24N2O2S2. The normalized spacial score (nSPS) is 20.0. The predicted octanol–water partition coefficient (Wildman–Crippen LogP) is 3.02. The van der Waals surface area contributed by atoms with Crippen molar-refractivity contribution in [1.82, 2.24) is 4.31 Å². The lowest BCUT2D eigenvalue weighted by atomic mass is 10.1. The fourth-order valence-electron chi connectivity index (χ4n) is 2.34. The zero-order valence-corrected chi connectivity index (χ0v) is 14.6. The van der Waals surface area contributed by atoms with Crippen LogP contribution in [-0.2, 0) is 10.0 Å². The molecular weight excluding hydrogens is 304 g/mol. The average Bonchev–Trinajstić information content (AvgIpc) is 2.61. The van der Waals surface area contributed by atoms with Gasteiger partial charge >= 0.3 is 0 Å². The van der Waals surface area contributed by atoms with Crippen molar-refractivity contribution in [1.29, 1.82) is 0 Å². The molecule has 0 aliphatic carbocycles. The minimum Gasteiger partial charge on any atom is -0.385 e. The van der Waals surface area contributed by atoms with E-state index in [4.69, 9.17) is 0 Å². The van der Waals surface area contributed by atoms with Crippen LogP contribution in [0.2, 0.25) is 0 Å². The Hall–Kier alpha value is -0.720. The molecule has 118 valence electrons. The smallest absolute Gasteiger partial charge is 0.243 e. The highest BCUT2D eigenvalue weighted by molar-refractivity contribution is 8.00. The Balaban J connectivity index is 2.17. The maximum absolute atomic E-state index is 12.7. The molecule has 2 rings (SSSR count). The number of nitrogens with zero attached hydrogens (tertiary/aromatic N) is 1. The van der Waals surface area contributed by atoms with Crippen LogP contribution in [0.3, 0.4) is 0 Å². The molecule has 0 amide bonds. The number of hydrogen-bond donors (Lipinski definition) is 1. The zero-order valence-electron chi connectivity index (χ0n) is 12.9. The molecule has 0 saturated carbocycles. The first kappa shape index (κ1) is 16.6. The summed E-state index contributed by atoms with van der Waals surface area (Å²) in [4.78, 5) is 0.383. The van der Waals surface area contributed by atoms with Gasteiger partial charge in [-0.3, -0.25) is 0 Å². The van der Waals surface area contributed by atoms with E-state index < -0.39 is 10.0 Å². The van der Waals surface area contributed by atoms with Crippen LogP contribution in [0.4, 0.5) is 5.69 Å². The van der Waals surface area contributed by atoms with E-state index in [-0.39, 0.29) is 4.75 Å². The second-order valence-electron chi connectivity index (χ2n) is 5.82. The van der Waals surface area contributed by atoms with Gasteiger partial charge in [0.15, 0.2) is 0 Å². The molecule has 1 N–H and O–H groups in total. The van der Waals surface area contributed by atoms with Gasteiger partial charge in [0.25, 0.3) is 0 Å². The van der Waals surface area contributed by atoms with Gasteiger partial charge in [-0.15, -0.1) is 0 Å². The van der Waals surface area contributed by atoms with Gasteiger partial charge in [-0.2, -0.15) is 16.1 Å². The molecule has 1 aliphatic rings. The van der Waals surface area contributed by atoms with E-state index in [1.165, 1.54) is 0 Å². The third-order valence-electron chi connectivity index (χ3n) is 3.67. The summed E-state index contributed by atoms with van der Waals surface area (Å²) in [6.45, 7) is 8.38. The molecule has 4 nitrogen and oxygen atoms in total. The number of thioether (sulfide) groups is 1. The summed E-state index contributed by atoms with van der Waals surface area (Å²) in [5.41, 5.74) is 0.948. The van der Waals surface area contributed by atoms with Gasteiger partial charge < -0.3 is 5.32 Å². The van der Waals surface area contributed by atoms with E-state index >= 15 is 0 Å². The van der Waals surface area contributed by atoms with Crippen LogP contribution in [0.25, 0.3) is 0 Å². The Morgan fingerprint density at radius 1 is 1.24 bits per heavy atom. The maximum Gasteiger partial charge on any atom is 0.243 e. The molecule has 0 spiro atoms. The topological polar surface area (TPSA) is 49.4 Å². The summed E-state index contributed by atoms with van der Waals surface area (Å²) in [5, 5.41) is 3.17. The lowest BCUT2D eigenvalue weighted by Gasteiger charge is -2.22. The first-order chi connectivity index (χ1) is 9.85. The number of sulfonamides is 1. The summed E-state index contributed by atoms with van der Waals surface area (Å²) in [6, 6.07) is 7.03. The second kappa shape index (κ2) is 6.58. The minimum atomic E-state index is -3.38. The van der Waals surface area contributed by atoms with Crippen molar-refractivity contribution in [3.8, 4) is 0 Å². The van der Waals surface area contributed by atoms with E-state index in [0.717, 1.165) is 24.4 Å². The van der Waals surface area contributed by atoms with Gasteiger partial charge in [-0.05, 0) is 37.6 Å². The van der Waals surface area contributed by atoms with Gasteiger partial charge in [-0.1, -0.05) is 13.8 Å². The molecule has 0 unspecified atom stereocenters. The highest BCUT2D eigenvalue weighted by Gasteiger charge is 2.30. The van der Waals surface area contributed by atoms with Gasteiger partial charge in [-0.25, -0.2) is 8.42 Å². The fourth-order valence-corrected chi connectivity index (χ4v) is 5.00. The van der Waals surface area contributed by atoms with Crippen LogP contribution in [-0.4, -0.2) is 42.9 Å². The molecule has 6 heteroatoms. The van der Waals surface area contributed by atoms with Gasteiger partial charge in [0.05, 0.1) is 4.90 Å². The Morgan fingerprint density at radius 3 is 2.52 bits per heavy atom. The van der Waals surface area contributed by atoms with Crippen molar-refractivity contribution < 1.29 is 8.42 Å². The number of hydrogen-bond acceptors (Lipinski definition) is 4. The quantitative estimate of drug-likeness (QED) is 0.923. The van der Waals surface area contributed by atoms with Crippen LogP contribution in [0, 0.1) is 0 Å². The number of benzene rings is 1. The highest BCUT2D eigenvalue weighted by atomic mass is 32.2. The summed E-state index contributed by atoms with van der Waals surface area (Å²) in [6.07, 6.45) is 0.881. The second-order valence-corrected chi connectivity index (χ2v) is 9.56. The van der Waals surface area contributed by atoms with E-state index in [1.54, 1.807) is 16.4 Å². The fraction of sp³-hybridized carbons (Fsp3) is 0.600. The van der Waals surface area contributed by atoms with Crippen LogP contribution >= 0.6 is 11.8 Å². The van der Waals surface area contributed by atoms with Crippen LogP contribution < -0.4 is 5.32 Å². The summed E-state index contributed by atoms with van der Waals surface area (Å²) < 4.78 is 27.2. The Kier molecular flexibility index (Phi) is 5.22. The van der Waals surface area contributed by atoms with Crippen LogP contribution in [0.1, 0.15) is 27.2 Å². The molecule has 0 aromatic heterocycles. The van der Waals surface area contributed by atoms with Crippen molar-refractivity contribution in [2.45, 2.75) is 36.8 Å². The van der Waals surface area contributed by atoms with Crippen molar-refractivity contribution >= 4 is 27.5 Å². The molecule has 1 aromatic carbocycles. The van der Waals surface area contributed by atoms with Crippen LogP contribution in [0.15, 0.2) is 29.2 Å². The zero-order chi connectivity index (χ0) is 15.5. The molecule has 0 radical (unpaired) electrons.